The second-order valence-electron chi connectivity index (χ2n) is 6.34. The molecule has 0 spiro atoms. The molecule has 1 saturated heterocycles. The molecule has 1 aromatic carbocycles. The standard InChI is InChI=1S/C17H26BrN3O/c1-13-7-8-21(11-15(13)9-19)12-17(22)20(2)10-14-5-3-4-6-16(14)18/h3-6,13,15H,7-12,19H2,1-2H3. The summed E-state index contributed by atoms with van der Waals surface area (Å²) in [4.78, 5) is 16.5. The Kier molecular flexibility index (Phi) is 6.41. The fourth-order valence-corrected chi connectivity index (χ4v) is 3.37. The molecule has 0 aliphatic carbocycles. The van der Waals surface area contributed by atoms with Gasteiger partial charge in [-0.2, -0.15) is 0 Å². The number of nitrogens with zero attached hydrogens (tertiary/aromatic N) is 2. The molecule has 1 amide bonds. The van der Waals surface area contributed by atoms with Crippen LogP contribution in [0.5, 0.6) is 0 Å². The molecule has 1 aromatic rings. The number of hydrogen-bond acceptors (Lipinski definition) is 3. The number of likely N-dealkylation sites (N-methyl/N-ethyl adjacent to an activating group) is 1. The molecular formula is C17H26BrN3O. The smallest absolute Gasteiger partial charge is 0.236 e. The van der Waals surface area contributed by atoms with E-state index < -0.39 is 0 Å². The Morgan fingerprint density at radius 3 is 2.86 bits per heavy atom. The van der Waals surface area contributed by atoms with E-state index in [-0.39, 0.29) is 5.91 Å². The SMILES string of the molecule is CC1CCN(CC(=O)N(C)Cc2ccccc2Br)CC1CN. The number of amides is 1. The van der Waals surface area contributed by atoms with Crippen molar-refractivity contribution in [3.05, 3.63) is 34.3 Å². The molecule has 2 unspecified atom stereocenters. The van der Waals surface area contributed by atoms with Gasteiger partial charge in [0.1, 0.15) is 0 Å². The molecule has 22 heavy (non-hydrogen) atoms. The number of carbonyl (C=O) groups is 1. The summed E-state index contributed by atoms with van der Waals surface area (Å²) in [5.41, 5.74) is 6.97. The number of rotatable bonds is 5. The van der Waals surface area contributed by atoms with Gasteiger partial charge in [-0.3, -0.25) is 9.69 Å². The quantitative estimate of drug-likeness (QED) is 0.868. The summed E-state index contributed by atoms with van der Waals surface area (Å²) >= 11 is 3.53. The van der Waals surface area contributed by atoms with E-state index in [0.717, 1.165) is 29.5 Å². The normalized spacial score (nSPS) is 22.5. The van der Waals surface area contributed by atoms with Crippen molar-refractivity contribution in [1.29, 1.82) is 0 Å². The molecule has 1 aliphatic heterocycles. The predicted molar refractivity (Wildman–Crippen MR) is 93.4 cm³/mol. The molecule has 2 rings (SSSR count). The molecule has 5 heteroatoms. The van der Waals surface area contributed by atoms with E-state index in [4.69, 9.17) is 5.73 Å². The van der Waals surface area contributed by atoms with Gasteiger partial charge in [-0.25, -0.2) is 0 Å². The zero-order chi connectivity index (χ0) is 16.1. The largest absolute Gasteiger partial charge is 0.340 e. The summed E-state index contributed by atoms with van der Waals surface area (Å²) in [5.74, 6) is 1.34. The van der Waals surface area contributed by atoms with Crippen LogP contribution in [0.2, 0.25) is 0 Å². The maximum atomic E-state index is 12.4. The number of hydrogen-bond donors (Lipinski definition) is 1. The lowest BCUT2D eigenvalue weighted by Gasteiger charge is -2.36. The van der Waals surface area contributed by atoms with Crippen molar-refractivity contribution in [1.82, 2.24) is 9.80 Å². The van der Waals surface area contributed by atoms with Crippen molar-refractivity contribution in [2.75, 3.05) is 33.2 Å². The van der Waals surface area contributed by atoms with Crippen molar-refractivity contribution >= 4 is 21.8 Å². The van der Waals surface area contributed by atoms with E-state index >= 15 is 0 Å². The molecule has 1 aliphatic rings. The number of piperidine rings is 1. The Bertz CT molecular complexity index is 508. The van der Waals surface area contributed by atoms with Gasteiger partial charge in [0.2, 0.25) is 5.91 Å². The van der Waals surface area contributed by atoms with E-state index in [1.54, 1.807) is 4.90 Å². The first-order valence-electron chi connectivity index (χ1n) is 7.91. The highest BCUT2D eigenvalue weighted by atomic mass is 79.9. The average Bonchev–Trinajstić information content (AvgIpc) is 2.51. The summed E-state index contributed by atoms with van der Waals surface area (Å²) in [6, 6.07) is 8.03. The summed E-state index contributed by atoms with van der Waals surface area (Å²) in [6.07, 6.45) is 1.13. The van der Waals surface area contributed by atoms with Gasteiger partial charge < -0.3 is 10.6 Å². The van der Waals surface area contributed by atoms with Crippen molar-refractivity contribution in [2.45, 2.75) is 19.9 Å². The molecule has 0 aromatic heterocycles. The Morgan fingerprint density at radius 2 is 2.18 bits per heavy atom. The topological polar surface area (TPSA) is 49.6 Å². The van der Waals surface area contributed by atoms with E-state index in [9.17, 15) is 4.79 Å². The van der Waals surface area contributed by atoms with Crippen molar-refractivity contribution in [3.8, 4) is 0 Å². The predicted octanol–water partition coefficient (Wildman–Crippen LogP) is 2.32. The van der Waals surface area contributed by atoms with Crippen LogP contribution in [0, 0.1) is 11.8 Å². The Labute approximate surface area is 141 Å². The second-order valence-corrected chi connectivity index (χ2v) is 7.19. The van der Waals surface area contributed by atoms with Crippen LogP contribution in [0.1, 0.15) is 18.9 Å². The second kappa shape index (κ2) is 8.09. The third-order valence-corrected chi connectivity index (χ3v) is 5.42. The van der Waals surface area contributed by atoms with Gasteiger partial charge in [0.05, 0.1) is 6.54 Å². The van der Waals surface area contributed by atoms with Crippen molar-refractivity contribution in [3.63, 3.8) is 0 Å². The first-order valence-corrected chi connectivity index (χ1v) is 8.70. The van der Waals surface area contributed by atoms with Crippen LogP contribution < -0.4 is 5.73 Å². The van der Waals surface area contributed by atoms with Crippen LogP contribution in [-0.2, 0) is 11.3 Å². The van der Waals surface area contributed by atoms with Gasteiger partial charge in [-0.1, -0.05) is 41.1 Å². The van der Waals surface area contributed by atoms with Crippen molar-refractivity contribution < 1.29 is 4.79 Å². The van der Waals surface area contributed by atoms with Crippen molar-refractivity contribution in [2.24, 2.45) is 17.6 Å². The number of likely N-dealkylation sites (tertiary alicyclic amines) is 1. The summed E-state index contributed by atoms with van der Waals surface area (Å²) in [7, 11) is 1.87. The third kappa shape index (κ3) is 4.54. The summed E-state index contributed by atoms with van der Waals surface area (Å²) < 4.78 is 1.05. The first-order chi connectivity index (χ1) is 10.5. The fourth-order valence-electron chi connectivity index (χ4n) is 2.96. The van der Waals surface area contributed by atoms with Gasteiger partial charge in [0.15, 0.2) is 0 Å². The van der Waals surface area contributed by atoms with E-state index in [0.29, 0.717) is 31.5 Å². The molecule has 1 heterocycles. The molecule has 0 saturated carbocycles. The number of halogens is 1. The van der Waals surface area contributed by atoms with E-state index in [2.05, 4.69) is 27.8 Å². The highest BCUT2D eigenvalue weighted by Crippen LogP contribution is 2.22. The van der Waals surface area contributed by atoms with Crippen LogP contribution in [0.4, 0.5) is 0 Å². The van der Waals surface area contributed by atoms with Crippen LogP contribution in [-0.4, -0.2) is 48.9 Å². The number of benzene rings is 1. The lowest BCUT2D eigenvalue weighted by Crippen LogP contribution is -2.46. The monoisotopic (exact) mass is 367 g/mol. The fraction of sp³-hybridized carbons (Fsp3) is 0.588. The molecule has 4 nitrogen and oxygen atoms in total. The minimum atomic E-state index is 0.168. The highest BCUT2D eigenvalue weighted by molar-refractivity contribution is 9.10. The maximum absolute atomic E-state index is 12.4. The number of carbonyl (C=O) groups excluding carboxylic acids is 1. The highest BCUT2D eigenvalue weighted by Gasteiger charge is 2.26. The Balaban J connectivity index is 1.88. The summed E-state index contributed by atoms with van der Waals surface area (Å²) in [5, 5.41) is 0. The molecule has 0 radical (unpaired) electrons. The van der Waals surface area contributed by atoms with E-state index in [1.165, 1.54) is 0 Å². The molecule has 1 fully saturated rings. The Hall–Kier alpha value is -0.910. The third-order valence-electron chi connectivity index (χ3n) is 4.65. The van der Waals surface area contributed by atoms with Crippen LogP contribution in [0.25, 0.3) is 0 Å². The van der Waals surface area contributed by atoms with E-state index in [1.807, 2.05) is 31.3 Å². The molecule has 0 bridgehead atoms. The molecule has 2 atom stereocenters. The lowest BCUT2D eigenvalue weighted by atomic mass is 9.87. The van der Waals surface area contributed by atoms with Gasteiger partial charge in [-0.15, -0.1) is 0 Å². The van der Waals surface area contributed by atoms with Crippen LogP contribution >= 0.6 is 15.9 Å². The minimum absolute atomic E-state index is 0.168. The summed E-state index contributed by atoms with van der Waals surface area (Å²) in [6.45, 7) is 6.02. The van der Waals surface area contributed by atoms with Gasteiger partial charge in [0.25, 0.3) is 0 Å². The molecule has 2 N–H and O–H groups in total. The molecular weight excluding hydrogens is 342 g/mol. The zero-order valence-electron chi connectivity index (χ0n) is 13.5. The van der Waals surface area contributed by atoms with Gasteiger partial charge in [-0.05, 0) is 43.0 Å². The van der Waals surface area contributed by atoms with Crippen LogP contribution in [0.3, 0.4) is 0 Å². The zero-order valence-corrected chi connectivity index (χ0v) is 15.1. The van der Waals surface area contributed by atoms with Crippen LogP contribution in [0.15, 0.2) is 28.7 Å². The Morgan fingerprint density at radius 1 is 1.45 bits per heavy atom. The minimum Gasteiger partial charge on any atom is -0.340 e. The maximum Gasteiger partial charge on any atom is 0.236 e. The van der Waals surface area contributed by atoms with Gasteiger partial charge >= 0.3 is 0 Å². The first kappa shape index (κ1) is 17.4. The molecule has 122 valence electrons. The van der Waals surface area contributed by atoms with Gasteiger partial charge in [0, 0.05) is 24.6 Å². The lowest BCUT2D eigenvalue weighted by molar-refractivity contribution is -0.132. The number of nitrogens with two attached hydrogens (primary N) is 1. The average molecular weight is 368 g/mol.